The summed E-state index contributed by atoms with van der Waals surface area (Å²) in [6, 6.07) is 0. The summed E-state index contributed by atoms with van der Waals surface area (Å²) in [6.45, 7) is 3.25. The Balaban J connectivity index is 1.78. The molecule has 6 nitrogen and oxygen atoms in total. The Morgan fingerprint density at radius 1 is 1.24 bits per heavy atom. The number of hydrogen-bond acceptors (Lipinski definition) is 4. The Morgan fingerprint density at radius 2 is 1.82 bits per heavy atom. The average Bonchev–Trinajstić information content (AvgIpc) is 3.08. The molecule has 1 heterocycles. The van der Waals surface area contributed by atoms with Gasteiger partial charge in [0.25, 0.3) is 0 Å². The highest BCUT2D eigenvalue weighted by Gasteiger charge is 2.48. The highest BCUT2D eigenvalue weighted by Crippen LogP contribution is 2.34. The number of piperazine rings is 1. The van der Waals surface area contributed by atoms with Crippen molar-refractivity contribution in [1.29, 1.82) is 0 Å². The van der Waals surface area contributed by atoms with Gasteiger partial charge in [0.15, 0.2) is 0 Å². The second kappa shape index (κ2) is 4.62. The Labute approximate surface area is 101 Å². The Hall–Kier alpha value is -1.14. The number of carbonyl (C=O) groups excluding carboxylic acids is 2. The van der Waals surface area contributed by atoms with Gasteiger partial charge in [0.2, 0.25) is 11.8 Å². The predicted octanol–water partition coefficient (Wildman–Crippen LogP) is -1.63. The van der Waals surface area contributed by atoms with E-state index in [1.165, 1.54) is 0 Å². The summed E-state index contributed by atoms with van der Waals surface area (Å²) in [4.78, 5) is 27.1. The number of rotatable bonds is 3. The van der Waals surface area contributed by atoms with Gasteiger partial charge in [0, 0.05) is 33.2 Å². The normalized spacial score (nSPS) is 23.3. The molecule has 1 aliphatic carbocycles. The van der Waals surface area contributed by atoms with Crippen LogP contribution in [0.15, 0.2) is 0 Å². The largest absolute Gasteiger partial charge is 0.358 e. The fourth-order valence-electron chi connectivity index (χ4n) is 2.05. The first-order chi connectivity index (χ1) is 8.05. The van der Waals surface area contributed by atoms with Gasteiger partial charge in [-0.05, 0) is 12.8 Å². The average molecular weight is 240 g/mol. The van der Waals surface area contributed by atoms with Crippen molar-refractivity contribution in [2.75, 3.05) is 39.8 Å². The van der Waals surface area contributed by atoms with E-state index in [9.17, 15) is 9.59 Å². The molecule has 1 aliphatic heterocycles. The van der Waals surface area contributed by atoms with Gasteiger partial charge in [0.05, 0.1) is 12.1 Å². The summed E-state index contributed by atoms with van der Waals surface area (Å²) in [5, 5.41) is 2.60. The number of hydrogen-bond donors (Lipinski definition) is 2. The van der Waals surface area contributed by atoms with Gasteiger partial charge in [0.1, 0.15) is 0 Å². The third-order valence-corrected chi connectivity index (χ3v) is 3.52. The molecule has 2 aliphatic rings. The third-order valence-electron chi connectivity index (χ3n) is 3.52. The minimum atomic E-state index is -0.567. The van der Waals surface area contributed by atoms with Crippen molar-refractivity contribution in [3.8, 4) is 0 Å². The molecule has 96 valence electrons. The van der Waals surface area contributed by atoms with Crippen molar-refractivity contribution in [1.82, 2.24) is 15.1 Å². The molecule has 0 radical (unpaired) electrons. The van der Waals surface area contributed by atoms with Crippen LogP contribution in [-0.4, -0.2) is 66.9 Å². The van der Waals surface area contributed by atoms with Crippen LogP contribution in [0.3, 0.4) is 0 Å². The first-order valence-electron chi connectivity index (χ1n) is 6.06. The Morgan fingerprint density at radius 3 is 2.29 bits per heavy atom. The number of amides is 2. The first-order valence-corrected chi connectivity index (χ1v) is 6.06. The fraction of sp³-hybridized carbons (Fsp3) is 0.818. The molecule has 1 saturated heterocycles. The summed E-state index contributed by atoms with van der Waals surface area (Å²) in [6.07, 6.45) is 1.62. The van der Waals surface area contributed by atoms with Crippen LogP contribution in [0.5, 0.6) is 0 Å². The number of likely N-dealkylation sites (N-methyl/N-ethyl adjacent to an activating group) is 1. The van der Waals surface area contributed by atoms with Crippen LogP contribution in [0.25, 0.3) is 0 Å². The number of nitrogens with one attached hydrogen (secondary N) is 1. The Bertz CT molecular complexity index is 319. The molecule has 17 heavy (non-hydrogen) atoms. The van der Waals surface area contributed by atoms with E-state index in [1.54, 1.807) is 7.05 Å². The second-order valence-electron chi connectivity index (χ2n) is 4.90. The van der Waals surface area contributed by atoms with Gasteiger partial charge in [-0.2, -0.15) is 0 Å². The van der Waals surface area contributed by atoms with Crippen LogP contribution in [-0.2, 0) is 9.59 Å². The van der Waals surface area contributed by atoms with Crippen LogP contribution in [0.1, 0.15) is 12.8 Å². The summed E-state index contributed by atoms with van der Waals surface area (Å²) >= 11 is 0. The molecule has 0 aromatic heterocycles. The molecule has 0 aromatic rings. The van der Waals surface area contributed by atoms with E-state index in [2.05, 4.69) is 10.2 Å². The molecule has 0 atom stereocenters. The van der Waals surface area contributed by atoms with Crippen LogP contribution in [0.2, 0.25) is 0 Å². The molecule has 0 spiro atoms. The molecule has 2 fully saturated rings. The van der Waals surface area contributed by atoms with Gasteiger partial charge in [-0.3, -0.25) is 14.5 Å². The third kappa shape index (κ3) is 2.76. The molecule has 1 saturated carbocycles. The molecule has 2 amide bonds. The number of nitrogens with two attached hydrogens (primary N) is 1. The highest BCUT2D eigenvalue weighted by atomic mass is 16.2. The second-order valence-corrected chi connectivity index (χ2v) is 4.90. The van der Waals surface area contributed by atoms with Gasteiger partial charge in [-0.25, -0.2) is 0 Å². The van der Waals surface area contributed by atoms with Crippen molar-refractivity contribution in [2.24, 2.45) is 5.73 Å². The minimum Gasteiger partial charge on any atom is -0.358 e. The number of carbonyl (C=O) groups is 2. The lowest BCUT2D eigenvalue weighted by Gasteiger charge is -2.35. The molecular weight excluding hydrogens is 220 g/mol. The van der Waals surface area contributed by atoms with Crippen molar-refractivity contribution in [3.05, 3.63) is 0 Å². The van der Waals surface area contributed by atoms with Crippen molar-refractivity contribution < 1.29 is 9.59 Å². The van der Waals surface area contributed by atoms with Crippen LogP contribution >= 0.6 is 0 Å². The molecule has 0 bridgehead atoms. The lowest BCUT2D eigenvalue weighted by Crippen LogP contribution is -2.55. The van der Waals surface area contributed by atoms with E-state index in [0.717, 1.165) is 25.9 Å². The summed E-state index contributed by atoms with van der Waals surface area (Å²) in [5.74, 6) is 0.0966. The Kier molecular flexibility index (Phi) is 3.35. The lowest BCUT2D eigenvalue weighted by molar-refractivity contribution is -0.135. The SMILES string of the molecule is CNC(=O)CN1CCN(C(=O)C2(N)CC2)CC1. The first kappa shape index (κ1) is 12.3. The zero-order chi connectivity index (χ0) is 12.5. The van der Waals surface area contributed by atoms with E-state index in [1.807, 2.05) is 4.90 Å². The number of nitrogens with zero attached hydrogens (tertiary/aromatic N) is 2. The van der Waals surface area contributed by atoms with Gasteiger partial charge in [-0.15, -0.1) is 0 Å². The molecule has 0 aromatic carbocycles. The van der Waals surface area contributed by atoms with Crippen LogP contribution in [0.4, 0.5) is 0 Å². The maximum Gasteiger partial charge on any atom is 0.242 e. The van der Waals surface area contributed by atoms with Crippen molar-refractivity contribution in [2.45, 2.75) is 18.4 Å². The summed E-state index contributed by atoms with van der Waals surface area (Å²) in [7, 11) is 1.63. The summed E-state index contributed by atoms with van der Waals surface area (Å²) in [5.41, 5.74) is 5.32. The zero-order valence-corrected chi connectivity index (χ0v) is 10.2. The van der Waals surface area contributed by atoms with E-state index in [-0.39, 0.29) is 11.8 Å². The van der Waals surface area contributed by atoms with Crippen LogP contribution < -0.4 is 11.1 Å². The molecule has 0 unspecified atom stereocenters. The molecule has 3 N–H and O–H groups in total. The van der Waals surface area contributed by atoms with Crippen molar-refractivity contribution >= 4 is 11.8 Å². The standard InChI is InChI=1S/C11H20N4O2/c1-13-9(16)8-14-4-6-15(7-5-14)10(17)11(12)2-3-11/h2-8,12H2,1H3,(H,13,16). The van der Waals surface area contributed by atoms with Gasteiger partial charge < -0.3 is 16.0 Å². The zero-order valence-electron chi connectivity index (χ0n) is 10.2. The fourth-order valence-corrected chi connectivity index (χ4v) is 2.05. The van der Waals surface area contributed by atoms with Gasteiger partial charge in [-0.1, -0.05) is 0 Å². The molecular formula is C11H20N4O2. The quantitative estimate of drug-likeness (QED) is 0.621. The highest BCUT2D eigenvalue weighted by molar-refractivity contribution is 5.89. The van der Waals surface area contributed by atoms with Gasteiger partial charge >= 0.3 is 0 Å². The molecule has 6 heteroatoms. The monoisotopic (exact) mass is 240 g/mol. The smallest absolute Gasteiger partial charge is 0.242 e. The molecule has 2 rings (SSSR count). The predicted molar refractivity (Wildman–Crippen MR) is 63.2 cm³/mol. The van der Waals surface area contributed by atoms with Crippen LogP contribution in [0, 0.1) is 0 Å². The maximum absolute atomic E-state index is 12.0. The van der Waals surface area contributed by atoms with E-state index >= 15 is 0 Å². The topological polar surface area (TPSA) is 78.7 Å². The van der Waals surface area contributed by atoms with E-state index < -0.39 is 5.54 Å². The van der Waals surface area contributed by atoms with Crippen molar-refractivity contribution in [3.63, 3.8) is 0 Å². The van der Waals surface area contributed by atoms with E-state index in [4.69, 9.17) is 5.73 Å². The minimum absolute atomic E-state index is 0.0160. The maximum atomic E-state index is 12.0. The van der Waals surface area contributed by atoms with E-state index in [0.29, 0.717) is 19.6 Å². The lowest BCUT2D eigenvalue weighted by atomic mass is 10.2. The summed E-state index contributed by atoms with van der Waals surface area (Å²) < 4.78 is 0.